The van der Waals surface area contributed by atoms with Gasteiger partial charge in [0.1, 0.15) is 5.75 Å². The van der Waals surface area contributed by atoms with Gasteiger partial charge in [-0.15, -0.1) is 0 Å². The van der Waals surface area contributed by atoms with E-state index in [9.17, 15) is 34.8 Å². The molecule has 0 radical (unpaired) electrons. The van der Waals surface area contributed by atoms with Crippen LogP contribution in [-0.2, 0) is 25.5 Å². The van der Waals surface area contributed by atoms with E-state index >= 15 is 0 Å². The molecule has 1 saturated heterocycles. The number of aliphatic carboxylic acids is 3. The van der Waals surface area contributed by atoms with Crippen molar-refractivity contribution in [2.45, 2.75) is 18.9 Å². The molecule has 0 aromatic heterocycles. The minimum absolute atomic E-state index is 0.154. The van der Waals surface area contributed by atoms with Gasteiger partial charge in [-0.2, -0.15) is 0 Å². The highest BCUT2D eigenvalue weighted by atomic mass is 16.5. The molecule has 0 bridgehead atoms. The highest BCUT2D eigenvalue weighted by Gasteiger charge is 2.21. The van der Waals surface area contributed by atoms with Gasteiger partial charge in [-0.3, -0.25) is 34.0 Å². The van der Waals surface area contributed by atoms with Gasteiger partial charge in [0.15, 0.2) is 0 Å². The zero-order chi connectivity index (χ0) is 29.3. The molecule has 4 N–H and O–H groups in total. The number of nitrogens with zero attached hydrogens (tertiary/aromatic N) is 4. The second kappa shape index (κ2) is 18.5. The Morgan fingerprint density at radius 3 is 1.57 bits per heavy atom. The average Bonchev–Trinajstić information content (AvgIpc) is 2.89. The molecule has 1 aromatic carbocycles. The summed E-state index contributed by atoms with van der Waals surface area (Å²) >= 11 is 0. The van der Waals surface area contributed by atoms with Gasteiger partial charge in [0.2, 0.25) is 0 Å². The minimum atomic E-state index is -0.996. The van der Waals surface area contributed by atoms with E-state index < -0.39 is 24.0 Å². The van der Waals surface area contributed by atoms with E-state index in [0.29, 0.717) is 65.5 Å². The summed E-state index contributed by atoms with van der Waals surface area (Å²) in [6.45, 7) is 3.49. The van der Waals surface area contributed by atoms with E-state index in [1.165, 1.54) is 5.56 Å². The Morgan fingerprint density at radius 2 is 1.18 bits per heavy atom. The molecule has 0 aliphatic carbocycles. The highest BCUT2D eigenvalue weighted by Crippen LogP contribution is 2.12. The number of aryl methyl sites for hydroxylation is 1. The van der Waals surface area contributed by atoms with Crippen LogP contribution in [0.15, 0.2) is 24.3 Å². The highest BCUT2D eigenvalue weighted by molar-refractivity contribution is 5.69. The number of carboxylic acid groups (broad SMARTS) is 3. The fourth-order valence-corrected chi connectivity index (χ4v) is 4.55. The first-order chi connectivity index (χ1) is 19.1. The monoisotopic (exact) mass is 568 g/mol. The number of ether oxygens (including phenoxy) is 2. The van der Waals surface area contributed by atoms with Gasteiger partial charge < -0.3 is 29.9 Å². The van der Waals surface area contributed by atoms with Gasteiger partial charge in [-0.25, -0.2) is 0 Å². The number of rotatable bonds is 15. The first-order valence-electron chi connectivity index (χ1n) is 13.6. The zero-order valence-corrected chi connectivity index (χ0v) is 23.3. The second-order valence-corrected chi connectivity index (χ2v) is 9.99. The molecule has 0 spiro atoms. The summed E-state index contributed by atoms with van der Waals surface area (Å²) in [5.74, 6) is -2.13. The Balaban J connectivity index is 1.91. The first kappa shape index (κ1) is 33.4. The van der Waals surface area contributed by atoms with Crippen LogP contribution in [0.3, 0.4) is 0 Å². The lowest BCUT2D eigenvalue weighted by atomic mass is 10.1. The van der Waals surface area contributed by atoms with Crippen molar-refractivity contribution in [2.24, 2.45) is 0 Å². The van der Waals surface area contributed by atoms with E-state index in [2.05, 4.69) is 0 Å². The van der Waals surface area contributed by atoms with E-state index in [0.717, 1.165) is 18.6 Å². The molecule has 1 heterocycles. The van der Waals surface area contributed by atoms with E-state index in [1.807, 2.05) is 29.2 Å². The van der Waals surface area contributed by atoms with Crippen molar-refractivity contribution in [1.82, 2.24) is 19.6 Å². The smallest absolute Gasteiger partial charge is 0.317 e. The Kier molecular flexibility index (Phi) is 15.5. The number of methoxy groups -OCH3 is 1. The molecular weight excluding hydrogens is 524 g/mol. The van der Waals surface area contributed by atoms with E-state index in [1.54, 1.807) is 21.8 Å². The van der Waals surface area contributed by atoms with Crippen molar-refractivity contribution >= 4 is 17.9 Å². The lowest BCUT2D eigenvalue weighted by molar-refractivity contribution is -0.140. The SMILES string of the molecule is COc1ccc(CCCOCC(O)CN2CCN(CC(=O)O)CCN(CC(=O)O)CCN(CC(=O)O)CC2)cc1. The molecule has 1 fully saturated rings. The Bertz CT molecular complexity index is 870. The number of benzene rings is 1. The normalized spacial score (nSPS) is 17.9. The molecule has 13 heteroatoms. The van der Waals surface area contributed by atoms with Crippen molar-refractivity contribution in [3.63, 3.8) is 0 Å². The van der Waals surface area contributed by atoms with Gasteiger partial charge in [-0.05, 0) is 30.5 Å². The third kappa shape index (κ3) is 14.5. The number of hydrogen-bond acceptors (Lipinski definition) is 10. The minimum Gasteiger partial charge on any atom is -0.497 e. The van der Waals surface area contributed by atoms with Crippen LogP contribution in [0, 0.1) is 0 Å². The number of hydrogen-bond donors (Lipinski definition) is 4. The maximum absolute atomic E-state index is 11.4. The van der Waals surface area contributed by atoms with Gasteiger partial charge in [0.25, 0.3) is 0 Å². The van der Waals surface area contributed by atoms with Crippen LogP contribution in [0.4, 0.5) is 0 Å². The second-order valence-electron chi connectivity index (χ2n) is 9.99. The van der Waals surface area contributed by atoms with Crippen molar-refractivity contribution in [3.8, 4) is 5.75 Å². The average molecular weight is 569 g/mol. The van der Waals surface area contributed by atoms with Gasteiger partial charge in [-0.1, -0.05) is 12.1 Å². The molecule has 226 valence electrons. The summed E-state index contributed by atoms with van der Waals surface area (Å²) < 4.78 is 10.9. The quantitative estimate of drug-likeness (QED) is 0.200. The number of carboxylic acids is 3. The summed E-state index contributed by atoms with van der Waals surface area (Å²) in [5.41, 5.74) is 1.17. The van der Waals surface area contributed by atoms with Crippen LogP contribution in [0.1, 0.15) is 12.0 Å². The number of β-amino-alcohol motifs (C(OH)–C–C–N with tert-alkyl or cyclic N) is 1. The van der Waals surface area contributed by atoms with Crippen LogP contribution in [0.2, 0.25) is 0 Å². The largest absolute Gasteiger partial charge is 0.497 e. The standard InChI is InChI=1S/C27H44N4O9/c1-39-24-6-4-22(5-7-24)3-2-16-40-21-23(32)17-28-8-10-29(18-25(33)34)12-14-31(20-27(37)38)15-13-30(11-9-28)19-26(35)36/h4-7,23,32H,2-3,8-21H2,1H3,(H,33,34)(H,35,36)(H,37,38). The third-order valence-corrected chi connectivity index (χ3v) is 6.70. The molecule has 1 atom stereocenters. The molecule has 2 rings (SSSR count). The number of carbonyl (C=O) groups is 3. The summed E-state index contributed by atoms with van der Waals surface area (Å²) in [6.07, 6.45) is 0.881. The summed E-state index contributed by atoms with van der Waals surface area (Å²) in [7, 11) is 1.63. The van der Waals surface area contributed by atoms with Gasteiger partial charge in [0, 0.05) is 65.5 Å². The maximum Gasteiger partial charge on any atom is 0.317 e. The molecule has 40 heavy (non-hydrogen) atoms. The van der Waals surface area contributed by atoms with E-state index in [4.69, 9.17) is 9.47 Å². The van der Waals surface area contributed by atoms with Gasteiger partial charge >= 0.3 is 17.9 Å². The number of aliphatic hydroxyl groups is 1. The van der Waals surface area contributed by atoms with Crippen LogP contribution in [0.25, 0.3) is 0 Å². The van der Waals surface area contributed by atoms with Crippen molar-refractivity contribution in [2.75, 3.05) is 98.9 Å². The van der Waals surface area contributed by atoms with Crippen molar-refractivity contribution in [1.29, 1.82) is 0 Å². The Hall–Kier alpha value is -2.81. The summed E-state index contributed by atoms with van der Waals surface area (Å²) in [6, 6.07) is 7.85. The van der Waals surface area contributed by atoms with E-state index in [-0.39, 0.29) is 26.2 Å². The third-order valence-electron chi connectivity index (χ3n) is 6.70. The number of aliphatic hydroxyl groups excluding tert-OH is 1. The molecule has 1 aliphatic heterocycles. The lowest BCUT2D eigenvalue weighted by Crippen LogP contribution is -2.49. The lowest BCUT2D eigenvalue weighted by Gasteiger charge is -2.33. The van der Waals surface area contributed by atoms with Crippen LogP contribution in [-0.4, -0.2) is 163 Å². The molecule has 1 unspecified atom stereocenters. The van der Waals surface area contributed by atoms with Crippen LogP contribution >= 0.6 is 0 Å². The van der Waals surface area contributed by atoms with Gasteiger partial charge in [0.05, 0.1) is 39.5 Å². The fourth-order valence-electron chi connectivity index (χ4n) is 4.55. The maximum atomic E-state index is 11.4. The molecule has 13 nitrogen and oxygen atoms in total. The predicted molar refractivity (Wildman–Crippen MR) is 147 cm³/mol. The molecule has 1 aliphatic rings. The summed E-state index contributed by atoms with van der Waals surface area (Å²) in [5, 5.41) is 38.6. The first-order valence-corrected chi connectivity index (χ1v) is 13.6. The fraction of sp³-hybridized carbons (Fsp3) is 0.667. The molecular formula is C27H44N4O9. The molecule has 0 amide bonds. The predicted octanol–water partition coefficient (Wildman–Crippen LogP) is -0.519. The van der Waals surface area contributed by atoms with Crippen LogP contribution < -0.4 is 4.74 Å². The van der Waals surface area contributed by atoms with Crippen molar-refractivity contribution < 1.29 is 44.3 Å². The Labute approximate surface area is 235 Å². The van der Waals surface area contributed by atoms with Crippen molar-refractivity contribution in [3.05, 3.63) is 29.8 Å². The Morgan fingerprint density at radius 1 is 0.750 bits per heavy atom. The van der Waals surface area contributed by atoms with Crippen LogP contribution in [0.5, 0.6) is 5.75 Å². The molecule has 0 saturated carbocycles. The summed E-state index contributed by atoms with van der Waals surface area (Å²) in [4.78, 5) is 41.3. The zero-order valence-electron chi connectivity index (χ0n) is 23.3. The topological polar surface area (TPSA) is 164 Å². The molecule has 1 aromatic rings.